The molecule has 0 radical (unpaired) electrons. The van der Waals surface area contributed by atoms with E-state index in [1.807, 2.05) is 85.8 Å². The molecule has 0 bridgehead atoms. The van der Waals surface area contributed by atoms with E-state index in [4.69, 9.17) is 32.7 Å². The highest BCUT2D eigenvalue weighted by molar-refractivity contribution is 7.89. The van der Waals surface area contributed by atoms with E-state index in [0.717, 1.165) is 33.4 Å². The molecule has 51 heavy (non-hydrogen) atoms. The lowest BCUT2D eigenvalue weighted by atomic mass is 10.00. The molecule has 3 N–H and O–H groups in total. The lowest BCUT2D eigenvalue weighted by Crippen LogP contribution is -2.47. The van der Waals surface area contributed by atoms with Crippen molar-refractivity contribution in [3.05, 3.63) is 153 Å². The molecule has 2 heterocycles. The fraction of sp³-hybridized carbons (Fsp3) is 0.263. The molecule has 0 spiro atoms. The van der Waals surface area contributed by atoms with E-state index < -0.39 is 28.3 Å². The lowest BCUT2D eigenvalue weighted by molar-refractivity contribution is -0.252. The topological polar surface area (TPSA) is 132 Å². The number of hydrogen-bond donors (Lipinski definition) is 3. The van der Waals surface area contributed by atoms with Gasteiger partial charge in [0.05, 0.1) is 36.6 Å². The van der Waals surface area contributed by atoms with Crippen molar-refractivity contribution < 1.29 is 27.8 Å². The summed E-state index contributed by atoms with van der Waals surface area (Å²) in [6.45, 7) is 2.40. The second-order valence-corrected chi connectivity index (χ2v) is 14.9. The summed E-state index contributed by atoms with van der Waals surface area (Å²) in [7, 11) is -3.97. The van der Waals surface area contributed by atoms with Crippen molar-refractivity contribution in [3.63, 3.8) is 0 Å². The Kier molecular flexibility index (Phi) is 11.9. The van der Waals surface area contributed by atoms with Gasteiger partial charge in [0.2, 0.25) is 15.9 Å². The first kappa shape index (κ1) is 36.7. The molecule has 1 fully saturated rings. The number of aliphatic hydroxyl groups is 1. The van der Waals surface area contributed by atoms with Crippen molar-refractivity contribution in [3.8, 4) is 0 Å². The maximum absolute atomic E-state index is 13.5. The van der Waals surface area contributed by atoms with E-state index in [9.17, 15) is 18.3 Å². The number of halogens is 2. The number of sulfonamides is 1. The van der Waals surface area contributed by atoms with Crippen molar-refractivity contribution in [1.29, 1.82) is 0 Å². The summed E-state index contributed by atoms with van der Waals surface area (Å²) in [6, 6.07) is 29.8. The fourth-order valence-corrected chi connectivity index (χ4v) is 7.35. The molecule has 10 nitrogen and oxygen atoms in total. The van der Waals surface area contributed by atoms with Crippen molar-refractivity contribution in [2.45, 2.75) is 68.9 Å². The van der Waals surface area contributed by atoms with Gasteiger partial charge in [-0.05, 0) is 47.7 Å². The molecule has 0 saturated carbocycles. The van der Waals surface area contributed by atoms with Crippen LogP contribution in [0.25, 0.3) is 0 Å². The Hall–Kier alpha value is -4.07. The van der Waals surface area contributed by atoms with Gasteiger partial charge >= 0.3 is 0 Å². The quantitative estimate of drug-likeness (QED) is 0.126. The zero-order chi connectivity index (χ0) is 36.0. The van der Waals surface area contributed by atoms with Gasteiger partial charge in [0.1, 0.15) is 11.2 Å². The predicted molar refractivity (Wildman–Crippen MR) is 194 cm³/mol. The van der Waals surface area contributed by atoms with E-state index in [2.05, 4.69) is 15.0 Å². The molecule has 13 heteroatoms. The fourth-order valence-electron chi connectivity index (χ4n) is 5.84. The normalized spacial score (nSPS) is 18.3. The first-order valence-corrected chi connectivity index (χ1v) is 18.7. The van der Waals surface area contributed by atoms with E-state index in [1.165, 1.54) is 12.1 Å². The number of aromatic nitrogens is 2. The van der Waals surface area contributed by atoms with E-state index in [1.54, 1.807) is 23.0 Å². The minimum atomic E-state index is -3.97. The minimum absolute atomic E-state index is 0.0520. The number of imidazole rings is 1. The number of nitrogens with zero attached hydrogens (tertiary/aromatic N) is 2. The number of rotatable bonds is 13. The maximum atomic E-state index is 13.5. The van der Waals surface area contributed by atoms with Crippen LogP contribution in [-0.2, 0) is 50.4 Å². The van der Waals surface area contributed by atoms with Crippen LogP contribution in [0.1, 0.15) is 52.2 Å². The molecule has 1 aromatic heterocycles. The van der Waals surface area contributed by atoms with E-state index >= 15 is 0 Å². The Labute approximate surface area is 307 Å². The highest BCUT2D eigenvalue weighted by Crippen LogP contribution is 2.39. The van der Waals surface area contributed by atoms with Gasteiger partial charge in [-0.2, -0.15) is 4.72 Å². The van der Waals surface area contributed by atoms with Crippen LogP contribution in [-0.4, -0.2) is 41.1 Å². The summed E-state index contributed by atoms with van der Waals surface area (Å²) in [5.74, 6) is -0.450. The van der Waals surface area contributed by atoms with Crippen LogP contribution in [0.4, 0.5) is 0 Å². The van der Waals surface area contributed by atoms with Crippen LogP contribution in [0, 0.1) is 6.92 Å². The Balaban J connectivity index is 1.15. The average molecular weight is 750 g/mol. The van der Waals surface area contributed by atoms with E-state index in [-0.39, 0.29) is 41.8 Å². The predicted octanol–water partition coefficient (Wildman–Crippen LogP) is 6.44. The zero-order valence-electron chi connectivity index (χ0n) is 27.8. The summed E-state index contributed by atoms with van der Waals surface area (Å²) in [4.78, 5) is 17.7. The number of carbonyl (C=O) groups excluding carboxylic acids is 1. The third-order valence-corrected chi connectivity index (χ3v) is 11.0. The molecular weight excluding hydrogens is 711 g/mol. The molecule has 1 saturated heterocycles. The largest absolute Gasteiger partial charge is 0.392 e. The molecule has 1 aliphatic heterocycles. The summed E-state index contributed by atoms with van der Waals surface area (Å²) >= 11 is 12.4. The number of amides is 1. The van der Waals surface area contributed by atoms with Crippen LogP contribution in [0.5, 0.6) is 0 Å². The Bertz CT molecular complexity index is 2030. The van der Waals surface area contributed by atoms with Gasteiger partial charge in [-0.3, -0.25) is 4.79 Å². The van der Waals surface area contributed by atoms with Crippen LogP contribution < -0.4 is 10.0 Å². The molecular formula is C38H38Cl2N4O6S. The maximum Gasteiger partial charge on any atom is 0.241 e. The Morgan fingerprint density at radius 2 is 1.57 bits per heavy atom. The van der Waals surface area contributed by atoms with Gasteiger partial charge in [0.15, 0.2) is 11.4 Å². The molecule has 0 unspecified atom stereocenters. The zero-order valence-corrected chi connectivity index (χ0v) is 30.1. The summed E-state index contributed by atoms with van der Waals surface area (Å²) in [5.41, 5.74) is 5.07. The monoisotopic (exact) mass is 748 g/mol. The minimum Gasteiger partial charge on any atom is -0.392 e. The molecule has 266 valence electrons. The molecule has 6 rings (SSSR count). The highest BCUT2D eigenvalue weighted by atomic mass is 35.5. The molecule has 4 aromatic carbocycles. The standard InChI is InChI=1S/C38H38Cl2N4O6S/c1-25-7-17-32(18-8-25)51(47,48)43-33(19-26-5-3-2-4-6-26)37(46)41-21-27-9-15-30(16-10-27)38-49-31(22-44-24-42-35(39)36(44)40)20-34(50-38)29-13-11-28(23-45)12-14-29/h2-18,24,31,33-34,38,43,45H,19-23H2,1H3,(H,41,46)/t31-,33-,34+,38+/m1/s1. The number of nitrogens with one attached hydrogen (secondary N) is 2. The van der Waals surface area contributed by atoms with Gasteiger partial charge in [-0.15, -0.1) is 0 Å². The third-order valence-electron chi connectivity index (χ3n) is 8.69. The summed E-state index contributed by atoms with van der Waals surface area (Å²) in [6.07, 6.45) is 0.989. The number of benzene rings is 4. The van der Waals surface area contributed by atoms with Crippen molar-refractivity contribution in [2.75, 3.05) is 0 Å². The highest BCUT2D eigenvalue weighted by Gasteiger charge is 2.33. The van der Waals surface area contributed by atoms with Gasteiger partial charge in [0.25, 0.3) is 0 Å². The second-order valence-electron chi connectivity index (χ2n) is 12.5. The molecule has 1 amide bonds. The number of carbonyl (C=O) groups is 1. The van der Waals surface area contributed by atoms with Crippen LogP contribution in [0.2, 0.25) is 10.3 Å². The first-order chi connectivity index (χ1) is 24.6. The van der Waals surface area contributed by atoms with E-state index in [0.29, 0.717) is 18.1 Å². The second kappa shape index (κ2) is 16.5. The number of aryl methyl sites for hydroxylation is 1. The van der Waals surface area contributed by atoms with Gasteiger partial charge in [-0.25, -0.2) is 13.4 Å². The third kappa shape index (κ3) is 9.43. The van der Waals surface area contributed by atoms with Gasteiger partial charge < -0.3 is 24.5 Å². The average Bonchev–Trinajstić information content (AvgIpc) is 3.46. The van der Waals surface area contributed by atoms with Crippen LogP contribution in [0.15, 0.2) is 114 Å². The molecule has 5 aromatic rings. The van der Waals surface area contributed by atoms with Crippen molar-refractivity contribution >= 4 is 39.1 Å². The Morgan fingerprint density at radius 3 is 2.22 bits per heavy atom. The SMILES string of the molecule is Cc1ccc(S(=O)(=O)N[C@H](Cc2ccccc2)C(=O)NCc2ccc([C@H]3O[C@@H](Cn4cnc(Cl)c4Cl)C[C@@H](c4ccc(CO)cc4)O3)cc2)cc1. The van der Waals surface area contributed by atoms with Crippen LogP contribution in [0.3, 0.4) is 0 Å². The Morgan fingerprint density at radius 1 is 0.902 bits per heavy atom. The first-order valence-electron chi connectivity index (χ1n) is 16.4. The van der Waals surface area contributed by atoms with Crippen molar-refractivity contribution in [2.24, 2.45) is 0 Å². The number of ether oxygens (including phenoxy) is 2. The molecule has 1 aliphatic rings. The number of aliphatic hydroxyl groups excluding tert-OH is 1. The van der Waals surface area contributed by atoms with Gasteiger partial charge in [0, 0.05) is 18.5 Å². The smallest absolute Gasteiger partial charge is 0.241 e. The molecule has 4 atom stereocenters. The molecule has 0 aliphatic carbocycles. The summed E-state index contributed by atoms with van der Waals surface area (Å²) in [5, 5.41) is 12.9. The van der Waals surface area contributed by atoms with Crippen molar-refractivity contribution in [1.82, 2.24) is 19.6 Å². The number of hydrogen-bond acceptors (Lipinski definition) is 7. The summed E-state index contributed by atoms with van der Waals surface area (Å²) < 4.78 is 43.7. The van der Waals surface area contributed by atoms with Gasteiger partial charge in [-0.1, -0.05) is 120 Å². The van der Waals surface area contributed by atoms with Crippen LogP contribution >= 0.6 is 23.2 Å². The lowest BCUT2D eigenvalue weighted by Gasteiger charge is -2.36.